The number of nitrogens with one attached hydrogen (secondary N) is 1. The highest BCUT2D eigenvalue weighted by molar-refractivity contribution is 7.92. The van der Waals surface area contributed by atoms with Crippen molar-refractivity contribution < 1.29 is 22.9 Å². The van der Waals surface area contributed by atoms with E-state index in [2.05, 4.69) is 5.32 Å². The van der Waals surface area contributed by atoms with Gasteiger partial charge >= 0.3 is 0 Å². The molecule has 0 radical (unpaired) electrons. The highest BCUT2D eigenvalue weighted by Gasteiger charge is 2.34. The lowest BCUT2D eigenvalue weighted by Crippen LogP contribution is -2.55. The molecule has 1 aliphatic carbocycles. The summed E-state index contributed by atoms with van der Waals surface area (Å²) in [6, 6.07) is 22.8. The molecule has 1 aliphatic rings. The summed E-state index contributed by atoms with van der Waals surface area (Å²) in [7, 11) is -4.03. The maximum atomic E-state index is 14.1. The van der Waals surface area contributed by atoms with Gasteiger partial charge in [0.2, 0.25) is 21.8 Å². The predicted octanol–water partition coefficient (Wildman–Crippen LogP) is 4.45. The summed E-state index contributed by atoms with van der Waals surface area (Å²) in [5.41, 5.74) is 1.32. The molecule has 1 unspecified atom stereocenters. The molecule has 1 N–H and O–H groups in total. The fraction of sp³-hybridized carbons (Fsp3) is 0.355. The molecule has 3 aromatic carbocycles. The number of sulfonamides is 1. The normalized spacial score (nSPS) is 14.5. The Morgan fingerprint density at radius 3 is 2.14 bits per heavy atom. The summed E-state index contributed by atoms with van der Waals surface area (Å²) < 4.78 is 26.6. The van der Waals surface area contributed by atoms with Crippen molar-refractivity contribution in [1.29, 1.82) is 0 Å². The van der Waals surface area contributed by atoms with Crippen LogP contribution in [-0.4, -0.2) is 54.9 Å². The Morgan fingerprint density at radius 1 is 0.929 bits per heavy atom. The van der Waals surface area contributed by atoms with Crippen LogP contribution in [0.5, 0.6) is 0 Å². The maximum absolute atomic E-state index is 14.1. The number of nitro benzene ring substituents is 1. The molecule has 0 bridgehead atoms. The molecule has 3 aromatic rings. The van der Waals surface area contributed by atoms with Crippen molar-refractivity contribution in [1.82, 2.24) is 10.2 Å². The van der Waals surface area contributed by atoms with E-state index in [4.69, 9.17) is 0 Å². The van der Waals surface area contributed by atoms with Crippen LogP contribution >= 0.6 is 0 Å². The van der Waals surface area contributed by atoms with E-state index in [1.54, 1.807) is 0 Å². The van der Waals surface area contributed by atoms with Gasteiger partial charge < -0.3 is 10.2 Å². The average Bonchev–Trinajstić information content (AvgIpc) is 2.98. The molecule has 11 heteroatoms. The minimum absolute atomic E-state index is 0.00835. The molecule has 0 spiro atoms. The first-order valence-electron chi connectivity index (χ1n) is 14.0. The van der Waals surface area contributed by atoms with E-state index in [0.29, 0.717) is 0 Å². The Morgan fingerprint density at radius 2 is 1.55 bits per heavy atom. The maximum Gasteiger partial charge on any atom is 0.271 e. The highest BCUT2D eigenvalue weighted by atomic mass is 32.2. The van der Waals surface area contributed by atoms with Gasteiger partial charge in [0.05, 0.1) is 16.9 Å². The third kappa shape index (κ3) is 8.39. The standard InChI is InChI=1S/C31H36N4O6S/c1-42(40,41)34(27-18-11-19-28(21-27)35(38)39)23-30(36)33(22-25-14-7-3-8-15-25)29(20-24-12-5-2-6-13-24)31(37)32-26-16-9-4-10-17-26/h2-3,5-8,11-15,18-19,21,26,29H,4,9-10,16-17,20,22-23H2,1H3,(H,32,37). The third-order valence-corrected chi connectivity index (χ3v) is 8.57. The lowest BCUT2D eigenvalue weighted by molar-refractivity contribution is -0.384. The fourth-order valence-electron chi connectivity index (χ4n) is 5.25. The molecule has 0 aromatic heterocycles. The average molecular weight is 593 g/mol. The van der Waals surface area contributed by atoms with Crippen LogP contribution in [0.1, 0.15) is 43.2 Å². The Labute approximate surface area is 246 Å². The number of benzene rings is 3. The first kappa shape index (κ1) is 30.7. The van der Waals surface area contributed by atoms with Crippen molar-refractivity contribution in [3.8, 4) is 0 Å². The molecular weight excluding hydrogens is 556 g/mol. The molecular formula is C31H36N4O6S. The summed E-state index contributed by atoms with van der Waals surface area (Å²) in [5, 5.41) is 14.5. The Kier molecular flexibility index (Phi) is 10.3. The topological polar surface area (TPSA) is 130 Å². The summed E-state index contributed by atoms with van der Waals surface area (Å²) in [6.45, 7) is -0.559. The quantitative estimate of drug-likeness (QED) is 0.244. The molecule has 0 heterocycles. The zero-order valence-electron chi connectivity index (χ0n) is 23.6. The Balaban J connectivity index is 1.72. The zero-order valence-corrected chi connectivity index (χ0v) is 24.4. The summed E-state index contributed by atoms with van der Waals surface area (Å²) in [4.78, 5) is 40.2. The van der Waals surface area contributed by atoms with Crippen LogP contribution in [0, 0.1) is 10.1 Å². The fourth-order valence-corrected chi connectivity index (χ4v) is 6.10. The second-order valence-electron chi connectivity index (χ2n) is 10.6. The van der Waals surface area contributed by atoms with E-state index >= 15 is 0 Å². The van der Waals surface area contributed by atoms with Crippen LogP contribution in [0.15, 0.2) is 84.9 Å². The van der Waals surface area contributed by atoms with Gasteiger partial charge in [-0.15, -0.1) is 0 Å². The molecule has 222 valence electrons. The molecule has 2 amide bonds. The number of rotatable bonds is 12. The van der Waals surface area contributed by atoms with Crippen molar-refractivity contribution >= 4 is 33.2 Å². The van der Waals surface area contributed by atoms with Crippen molar-refractivity contribution in [2.24, 2.45) is 0 Å². The number of anilines is 1. The van der Waals surface area contributed by atoms with Gasteiger partial charge in [-0.05, 0) is 30.0 Å². The van der Waals surface area contributed by atoms with Crippen LogP contribution in [0.3, 0.4) is 0 Å². The van der Waals surface area contributed by atoms with Gasteiger partial charge in [-0.25, -0.2) is 8.42 Å². The molecule has 10 nitrogen and oxygen atoms in total. The third-order valence-electron chi connectivity index (χ3n) is 7.43. The molecule has 4 rings (SSSR count). The predicted molar refractivity (Wildman–Crippen MR) is 161 cm³/mol. The molecule has 42 heavy (non-hydrogen) atoms. The van der Waals surface area contributed by atoms with E-state index in [-0.39, 0.29) is 36.3 Å². The Hall–Kier alpha value is -4.25. The number of amides is 2. The number of nitro groups is 1. The number of carbonyl (C=O) groups excluding carboxylic acids is 2. The molecule has 0 saturated heterocycles. The van der Waals surface area contributed by atoms with Gasteiger partial charge in [-0.3, -0.25) is 24.0 Å². The number of hydrogen-bond acceptors (Lipinski definition) is 6. The molecule has 1 saturated carbocycles. The number of carbonyl (C=O) groups is 2. The second-order valence-corrected chi connectivity index (χ2v) is 12.5. The lowest BCUT2D eigenvalue weighted by atomic mass is 9.94. The lowest BCUT2D eigenvalue weighted by Gasteiger charge is -2.35. The van der Waals surface area contributed by atoms with Crippen molar-refractivity contribution in [3.63, 3.8) is 0 Å². The van der Waals surface area contributed by atoms with Gasteiger partial charge in [0, 0.05) is 31.1 Å². The number of hydrogen-bond donors (Lipinski definition) is 1. The summed E-state index contributed by atoms with van der Waals surface area (Å²) >= 11 is 0. The van der Waals surface area contributed by atoms with Gasteiger partial charge in [0.25, 0.3) is 5.69 Å². The zero-order chi connectivity index (χ0) is 30.1. The Bertz CT molecular complexity index is 1480. The number of non-ortho nitro benzene ring substituents is 1. The summed E-state index contributed by atoms with van der Waals surface area (Å²) in [6.07, 6.45) is 6.07. The van der Waals surface area contributed by atoms with E-state index < -0.39 is 33.4 Å². The summed E-state index contributed by atoms with van der Waals surface area (Å²) in [5.74, 6) is -0.896. The number of nitrogens with zero attached hydrogens (tertiary/aromatic N) is 3. The van der Waals surface area contributed by atoms with Gasteiger partial charge in [-0.1, -0.05) is 86.0 Å². The second kappa shape index (κ2) is 14.1. The van der Waals surface area contributed by atoms with Crippen LogP contribution in [0.2, 0.25) is 0 Å². The minimum atomic E-state index is -4.03. The molecule has 1 atom stereocenters. The van der Waals surface area contributed by atoms with Crippen molar-refractivity contribution in [3.05, 3.63) is 106 Å². The van der Waals surface area contributed by atoms with Crippen LogP contribution in [-0.2, 0) is 32.6 Å². The van der Waals surface area contributed by atoms with Crippen molar-refractivity contribution in [2.45, 2.75) is 57.2 Å². The van der Waals surface area contributed by atoms with Gasteiger partial charge in [0.15, 0.2) is 0 Å². The van der Waals surface area contributed by atoms with E-state index in [0.717, 1.165) is 59.9 Å². The largest absolute Gasteiger partial charge is 0.352 e. The SMILES string of the molecule is CS(=O)(=O)N(CC(=O)N(Cc1ccccc1)C(Cc1ccccc1)C(=O)NC1CCCCC1)c1cccc([N+](=O)[O-])c1. The molecule has 1 fully saturated rings. The van der Waals surface area contributed by atoms with Crippen LogP contribution in [0.25, 0.3) is 0 Å². The van der Waals surface area contributed by atoms with Crippen LogP contribution in [0.4, 0.5) is 11.4 Å². The smallest absolute Gasteiger partial charge is 0.271 e. The highest BCUT2D eigenvalue weighted by Crippen LogP contribution is 2.25. The van der Waals surface area contributed by atoms with E-state index in [9.17, 15) is 28.1 Å². The van der Waals surface area contributed by atoms with Crippen LogP contribution < -0.4 is 9.62 Å². The van der Waals surface area contributed by atoms with E-state index in [1.807, 2.05) is 60.7 Å². The minimum Gasteiger partial charge on any atom is -0.352 e. The van der Waals surface area contributed by atoms with Gasteiger partial charge in [-0.2, -0.15) is 0 Å². The van der Waals surface area contributed by atoms with Crippen molar-refractivity contribution in [2.75, 3.05) is 17.1 Å². The van der Waals surface area contributed by atoms with E-state index in [1.165, 1.54) is 23.1 Å². The first-order chi connectivity index (χ1) is 20.1. The van der Waals surface area contributed by atoms with Gasteiger partial charge in [0.1, 0.15) is 12.6 Å². The first-order valence-corrected chi connectivity index (χ1v) is 15.9. The monoisotopic (exact) mass is 592 g/mol. The molecule has 0 aliphatic heterocycles.